The van der Waals surface area contributed by atoms with Gasteiger partial charge in [-0.25, -0.2) is 0 Å². The van der Waals surface area contributed by atoms with Gasteiger partial charge in [-0.1, -0.05) is 6.92 Å². The number of rotatable bonds is 5. The Kier molecular flexibility index (Phi) is 5.45. The van der Waals surface area contributed by atoms with Gasteiger partial charge in [-0.2, -0.15) is 0 Å². The van der Waals surface area contributed by atoms with Crippen molar-refractivity contribution in [1.29, 1.82) is 0 Å². The molecule has 14 heavy (non-hydrogen) atoms. The predicted molar refractivity (Wildman–Crippen MR) is 60.4 cm³/mol. The fourth-order valence-electron chi connectivity index (χ4n) is 2.12. The average molecular weight is 200 g/mol. The molecule has 1 aliphatic heterocycles. The fraction of sp³-hybridized carbons (Fsp3) is 1.00. The Bertz CT molecular complexity index is 147. The van der Waals surface area contributed by atoms with E-state index >= 15 is 0 Å². The van der Waals surface area contributed by atoms with Crippen LogP contribution in [0, 0.1) is 5.92 Å². The number of nitrogens with zero attached hydrogens (tertiary/aromatic N) is 1. The Morgan fingerprint density at radius 2 is 2.21 bits per heavy atom. The van der Waals surface area contributed by atoms with E-state index in [4.69, 9.17) is 0 Å². The minimum absolute atomic E-state index is 0.836. The van der Waals surface area contributed by atoms with E-state index in [0.717, 1.165) is 12.0 Å². The summed E-state index contributed by atoms with van der Waals surface area (Å²) in [5.74, 6) is 0.836. The lowest BCUT2D eigenvalue weighted by Gasteiger charge is -2.27. The van der Waals surface area contributed by atoms with Crippen LogP contribution in [-0.2, 0) is 0 Å². The van der Waals surface area contributed by atoms with Crippen LogP contribution in [0.1, 0.15) is 19.8 Å². The zero-order valence-corrected chi connectivity index (χ0v) is 9.92. The molecule has 3 heteroatoms. The monoisotopic (exact) mass is 200 g/mol. The van der Waals surface area contributed by atoms with Gasteiger partial charge in [-0.15, -0.1) is 0 Å². The second kappa shape index (κ2) is 6.38. The van der Waals surface area contributed by atoms with Gasteiger partial charge < -0.3 is 15.5 Å². The van der Waals surface area contributed by atoms with Gasteiger partial charge >= 0.3 is 0 Å². The first-order chi connectivity index (χ1) is 6.70. The van der Waals surface area contributed by atoms with Gasteiger partial charge in [0, 0.05) is 38.4 Å². The first-order valence-electron chi connectivity index (χ1n) is 5.89. The first kappa shape index (κ1) is 12.0. The molecule has 0 aromatic rings. The standard InChI is InChI=1S/C11H25N3/c1-10-9-12-7-5-11(10)13-6-4-8-14(2)3/h10-13H,4-9H2,1-3H3/p+1. The molecule has 3 nitrogen and oxygen atoms in total. The lowest BCUT2D eigenvalue weighted by molar-refractivity contribution is -0.697. The highest BCUT2D eigenvalue weighted by atomic mass is 15.1. The molecule has 0 aromatic heterocycles. The van der Waals surface area contributed by atoms with Crippen LogP contribution in [0.4, 0.5) is 0 Å². The molecular weight excluding hydrogens is 174 g/mol. The molecule has 3 N–H and O–H groups in total. The lowest BCUT2D eigenvalue weighted by atomic mass is 9.95. The molecule has 2 atom stereocenters. The van der Waals surface area contributed by atoms with E-state index in [9.17, 15) is 0 Å². The molecule has 0 aliphatic carbocycles. The van der Waals surface area contributed by atoms with Crippen molar-refractivity contribution < 1.29 is 5.32 Å². The second-order valence-corrected chi connectivity index (χ2v) is 4.82. The molecule has 1 aliphatic rings. The Hall–Kier alpha value is -0.120. The van der Waals surface area contributed by atoms with E-state index in [1.165, 1.54) is 39.0 Å². The first-order valence-corrected chi connectivity index (χ1v) is 5.89. The third kappa shape index (κ3) is 4.40. The molecule has 0 saturated carbocycles. The van der Waals surface area contributed by atoms with Gasteiger partial charge in [0.05, 0.1) is 12.6 Å². The van der Waals surface area contributed by atoms with Gasteiger partial charge in [0.1, 0.15) is 0 Å². The molecule has 1 heterocycles. The molecule has 0 radical (unpaired) electrons. The summed E-state index contributed by atoms with van der Waals surface area (Å²) in [4.78, 5) is 2.26. The topological polar surface area (TPSA) is 31.9 Å². The van der Waals surface area contributed by atoms with Crippen molar-refractivity contribution in [2.75, 3.05) is 40.3 Å². The maximum Gasteiger partial charge on any atom is 0.0909 e. The van der Waals surface area contributed by atoms with Crippen molar-refractivity contribution >= 4 is 0 Å². The summed E-state index contributed by atoms with van der Waals surface area (Å²) in [6, 6.07) is 0.860. The molecule has 1 fully saturated rings. The third-order valence-electron chi connectivity index (χ3n) is 3.13. The van der Waals surface area contributed by atoms with Crippen LogP contribution in [0.3, 0.4) is 0 Å². The Morgan fingerprint density at radius 1 is 1.43 bits per heavy atom. The normalized spacial score (nSPS) is 28.3. The zero-order chi connectivity index (χ0) is 10.4. The van der Waals surface area contributed by atoms with Crippen LogP contribution in [0.2, 0.25) is 0 Å². The van der Waals surface area contributed by atoms with E-state index in [-0.39, 0.29) is 0 Å². The van der Waals surface area contributed by atoms with Gasteiger partial charge in [0.2, 0.25) is 0 Å². The summed E-state index contributed by atoms with van der Waals surface area (Å²) in [6.07, 6.45) is 2.65. The Balaban J connectivity index is 2.04. The van der Waals surface area contributed by atoms with Gasteiger partial charge in [-0.05, 0) is 14.1 Å². The Morgan fingerprint density at radius 3 is 2.86 bits per heavy atom. The number of quaternary nitrogens is 1. The fourth-order valence-corrected chi connectivity index (χ4v) is 2.12. The number of hydrogen-bond donors (Lipinski definition) is 2. The molecule has 0 aromatic carbocycles. The number of hydrogen-bond acceptors (Lipinski definition) is 2. The van der Waals surface area contributed by atoms with Crippen molar-refractivity contribution in [3.05, 3.63) is 0 Å². The molecule has 0 amide bonds. The summed E-state index contributed by atoms with van der Waals surface area (Å²) in [6.45, 7) is 7.27. The van der Waals surface area contributed by atoms with Crippen molar-refractivity contribution in [2.45, 2.75) is 25.8 Å². The molecule has 1 rings (SSSR count). The quantitative estimate of drug-likeness (QED) is 0.586. The minimum atomic E-state index is 0.836. The van der Waals surface area contributed by atoms with Crippen LogP contribution in [0.25, 0.3) is 0 Å². The summed E-state index contributed by atoms with van der Waals surface area (Å²) >= 11 is 0. The van der Waals surface area contributed by atoms with E-state index in [1.54, 1.807) is 0 Å². The van der Waals surface area contributed by atoms with Crippen molar-refractivity contribution in [3.8, 4) is 0 Å². The summed E-state index contributed by atoms with van der Waals surface area (Å²) in [5, 5.41) is 6.00. The van der Waals surface area contributed by atoms with E-state index in [2.05, 4.69) is 36.6 Å². The third-order valence-corrected chi connectivity index (χ3v) is 3.13. The van der Waals surface area contributed by atoms with Crippen LogP contribution in [0.15, 0.2) is 0 Å². The van der Waals surface area contributed by atoms with Gasteiger partial charge in [0.15, 0.2) is 0 Å². The zero-order valence-electron chi connectivity index (χ0n) is 9.92. The van der Waals surface area contributed by atoms with Crippen LogP contribution in [0.5, 0.6) is 0 Å². The molecule has 2 unspecified atom stereocenters. The maximum absolute atomic E-state index is 3.44. The number of nitrogens with one attached hydrogen (secondary N) is 1. The predicted octanol–water partition coefficient (Wildman–Crippen LogP) is -0.500. The Labute approximate surface area is 88.2 Å². The highest BCUT2D eigenvalue weighted by Gasteiger charge is 2.22. The van der Waals surface area contributed by atoms with Crippen LogP contribution in [-0.4, -0.2) is 51.2 Å². The van der Waals surface area contributed by atoms with E-state index in [0.29, 0.717) is 0 Å². The van der Waals surface area contributed by atoms with E-state index < -0.39 is 0 Å². The van der Waals surface area contributed by atoms with Crippen molar-refractivity contribution in [3.63, 3.8) is 0 Å². The molecular formula is C11H26N3+. The molecule has 1 saturated heterocycles. The molecule has 0 spiro atoms. The van der Waals surface area contributed by atoms with E-state index in [1.807, 2.05) is 0 Å². The molecule has 0 bridgehead atoms. The second-order valence-electron chi connectivity index (χ2n) is 4.82. The SMILES string of the molecule is CC1CNCCC1[NH2+]CCCN(C)C. The highest BCUT2D eigenvalue weighted by molar-refractivity contribution is 4.72. The average Bonchev–Trinajstić information content (AvgIpc) is 2.15. The van der Waals surface area contributed by atoms with Gasteiger partial charge in [-0.3, -0.25) is 0 Å². The lowest BCUT2D eigenvalue weighted by Crippen LogP contribution is -2.92. The number of nitrogens with two attached hydrogens (primary N) is 1. The summed E-state index contributed by atoms with van der Waals surface area (Å²) < 4.78 is 0. The largest absolute Gasteiger partial charge is 0.343 e. The smallest absolute Gasteiger partial charge is 0.0909 e. The highest BCUT2D eigenvalue weighted by Crippen LogP contribution is 2.05. The van der Waals surface area contributed by atoms with Crippen LogP contribution >= 0.6 is 0 Å². The maximum atomic E-state index is 3.44. The minimum Gasteiger partial charge on any atom is -0.343 e. The molecule has 84 valence electrons. The summed E-state index contributed by atoms with van der Waals surface area (Å²) in [5.41, 5.74) is 0. The van der Waals surface area contributed by atoms with Crippen molar-refractivity contribution in [1.82, 2.24) is 10.2 Å². The van der Waals surface area contributed by atoms with Gasteiger partial charge in [0.25, 0.3) is 0 Å². The van der Waals surface area contributed by atoms with Crippen LogP contribution < -0.4 is 10.6 Å². The summed E-state index contributed by atoms with van der Waals surface area (Å²) in [7, 11) is 4.29. The van der Waals surface area contributed by atoms with Crippen molar-refractivity contribution in [2.24, 2.45) is 5.92 Å². The number of piperidine rings is 1.